The summed E-state index contributed by atoms with van der Waals surface area (Å²) in [7, 11) is 3.19. The summed E-state index contributed by atoms with van der Waals surface area (Å²) in [4.78, 5) is 16.4. The Bertz CT molecular complexity index is 379. The van der Waals surface area contributed by atoms with E-state index in [9.17, 15) is 4.79 Å². The second-order valence-corrected chi connectivity index (χ2v) is 3.59. The number of carbonyl (C=O) groups excluding carboxylic acids is 1. The third kappa shape index (κ3) is 3.52. The molecule has 88 valence electrons. The largest absolute Gasteiger partial charge is 0.398 e. The molecule has 0 radical (unpaired) electrons. The summed E-state index contributed by atoms with van der Waals surface area (Å²) in [6.07, 6.45) is 0. The van der Waals surface area contributed by atoms with Gasteiger partial charge < -0.3 is 15.9 Å². The van der Waals surface area contributed by atoms with Crippen LogP contribution in [0.2, 0.25) is 0 Å². The van der Waals surface area contributed by atoms with Crippen LogP contribution in [0.15, 0.2) is 18.2 Å². The van der Waals surface area contributed by atoms with Crippen LogP contribution >= 0.6 is 0 Å². The molecular weight excluding hydrogens is 206 g/mol. The second kappa shape index (κ2) is 5.48. The van der Waals surface area contributed by atoms with Crippen LogP contribution in [0.3, 0.4) is 0 Å². The molecule has 0 fully saturated rings. The van der Waals surface area contributed by atoms with E-state index >= 15 is 0 Å². The van der Waals surface area contributed by atoms with Gasteiger partial charge in [0.15, 0.2) is 0 Å². The molecule has 0 saturated heterocycles. The van der Waals surface area contributed by atoms with E-state index in [1.807, 2.05) is 19.1 Å². The Balaban J connectivity index is 2.59. The monoisotopic (exact) mass is 223 g/mol. The number of hydroxylamine groups is 2. The Morgan fingerprint density at radius 2 is 2.25 bits per heavy atom. The number of nitrogens with zero attached hydrogens (tertiary/aromatic N) is 1. The van der Waals surface area contributed by atoms with Gasteiger partial charge in [-0.3, -0.25) is 4.79 Å². The molecule has 1 amide bonds. The number of amides is 1. The molecule has 0 saturated carbocycles. The first kappa shape index (κ1) is 12.5. The quantitative estimate of drug-likeness (QED) is 0.590. The van der Waals surface area contributed by atoms with E-state index in [4.69, 9.17) is 10.6 Å². The SMILES string of the molecule is CON(C)CC(=O)Nc1ccc(C)c(N)c1. The summed E-state index contributed by atoms with van der Waals surface area (Å²) < 4.78 is 0. The normalized spacial score (nSPS) is 10.5. The number of carbonyl (C=O) groups is 1. The highest BCUT2D eigenvalue weighted by Gasteiger charge is 2.06. The lowest BCUT2D eigenvalue weighted by atomic mass is 10.2. The predicted octanol–water partition coefficient (Wildman–Crippen LogP) is 1.01. The maximum absolute atomic E-state index is 11.5. The zero-order chi connectivity index (χ0) is 12.1. The minimum Gasteiger partial charge on any atom is -0.398 e. The van der Waals surface area contributed by atoms with Gasteiger partial charge in [-0.05, 0) is 24.6 Å². The number of likely N-dealkylation sites (N-methyl/N-ethyl adjacent to an activating group) is 1. The Labute approximate surface area is 95.1 Å². The lowest BCUT2D eigenvalue weighted by molar-refractivity contribution is -0.137. The van der Waals surface area contributed by atoms with Gasteiger partial charge in [0.2, 0.25) is 5.91 Å². The first-order valence-electron chi connectivity index (χ1n) is 4.94. The fourth-order valence-electron chi connectivity index (χ4n) is 1.19. The summed E-state index contributed by atoms with van der Waals surface area (Å²) >= 11 is 0. The minimum absolute atomic E-state index is 0.146. The Morgan fingerprint density at radius 3 is 2.81 bits per heavy atom. The summed E-state index contributed by atoms with van der Waals surface area (Å²) in [6, 6.07) is 5.42. The van der Waals surface area contributed by atoms with E-state index in [1.165, 1.54) is 12.2 Å². The van der Waals surface area contributed by atoms with Crippen LogP contribution in [-0.4, -0.2) is 31.7 Å². The van der Waals surface area contributed by atoms with Gasteiger partial charge >= 0.3 is 0 Å². The van der Waals surface area contributed by atoms with Crippen molar-refractivity contribution in [1.82, 2.24) is 5.06 Å². The number of rotatable bonds is 4. The molecule has 0 bridgehead atoms. The number of hydrogen-bond acceptors (Lipinski definition) is 4. The van der Waals surface area contributed by atoms with Gasteiger partial charge in [0.05, 0.1) is 7.11 Å². The average molecular weight is 223 g/mol. The van der Waals surface area contributed by atoms with Crippen LogP contribution in [-0.2, 0) is 9.63 Å². The van der Waals surface area contributed by atoms with Crippen LogP contribution in [0.25, 0.3) is 0 Å². The maximum Gasteiger partial charge on any atom is 0.240 e. The molecular formula is C11H17N3O2. The molecule has 0 aliphatic rings. The van der Waals surface area contributed by atoms with E-state index in [0.717, 1.165) is 5.56 Å². The molecule has 0 aliphatic carbocycles. The number of nitrogens with two attached hydrogens (primary N) is 1. The maximum atomic E-state index is 11.5. The van der Waals surface area contributed by atoms with Gasteiger partial charge in [-0.15, -0.1) is 0 Å². The van der Waals surface area contributed by atoms with Crippen molar-refractivity contribution in [2.75, 3.05) is 31.8 Å². The molecule has 0 aromatic heterocycles. The summed E-state index contributed by atoms with van der Waals surface area (Å²) in [5, 5.41) is 4.17. The van der Waals surface area contributed by atoms with Crippen molar-refractivity contribution in [3.63, 3.8) is 0 Å². The molecule has 5 nitrogen and oxygen atoms in total. The zero-order valence-corrected chi connectivity index (χ0v) is 9.78. The number of aryl methyl sites for hydroxylation is 1. The number of benzene rings is 1. The van der Waals surface area contributed by atoms with E-state index in [0.29, 0.717) is 11.4 Å². The minimum atomic E-state index is -0.146. The smallest absolute Gasteiger partial charge is 0.240 e. The van der Waals surface area contributed by atoms with E-state index < -0.39 is 0 Å². The average Bonchev–Trinajstić information content (AvgIpc) is 2.23. The standard InChI is InChI=1S/C11H17N3O2/c1-8-4-5-9(6-10(8)12)13-11(15)7-14(2)16-3/h4-6H,7,12H2,1-3H3,(H,13,15). The summed E-state index contributed by atoms with van der Waals surface area (Å²) in [6.45, 7) is 2.09. The van der Waals surface area contributed by atoms with Gasteiger partial charge in [0, 0.05) is 18.4 Å². The highest BCUT2D eigenvalue weighted by Crippen LogP contribution is 2.16. The van der Waals surface area contributed by atoms with Gasteiger partial charge in [-0.1, -0.05) is 6.07 Å². The van der Waals surface area contributed by atoms with Gasteiger partial charge in [-0.2, -0.15) is 5.06 Å². The first-order valence-corrected chi connectivity index (χ1v) is 4.94. The Morgan fingerprint density at radius 1 is 1.56 bits per heavy atom. The fourth-order valence-corrected chi connectivity index (χ4v) is 1.19. The Kier molecular flexibility index (Phi) is 4.28. The first-order chi connectivity index (χ1) is 7.52. The van der Waals surface area contributed by atoms with Crippen molar-refractivity contribution in [3.8, 4) is 0 Å². The number of nitrogen functional groups attached to an aromatic ring is 1. The molecule has 1 rings (SSSR count). The molecule has 1 aromatic carbocycles. The van der Waals surface area contributed by atoms with Gasteiger partial charge in [-0.25, -0.2) is 0 Å². The highest BCUT2D eigenvalue weighted by molar-refractivity contribution is 5.92. The second-order valence-electron chi connectivity index (χ2n) is 3.59. The molecule has 1 aromatic rings. The number of nitrogens with one attached hydrogen (secondary N) is 1. The van der Waals surface area contributed by atoms with Gasteiger partial charge in [0.25, 0.3) is 0 Å². The third-order valence-electron chi connectivity index (χ3n) is 2.24. The van der Waals surface area contributed by atoms with Crippen LogP contribution < -0.4 is 11.1 Å². The van der Waals surface area contributed by atoms with Crippen molar-refractivity contribution in [2.24, 2.45) is 0 Å². The third-order valence-corrected chi connectivity index (χ3v) is 2.24. The molecule has 0 atom stereocenters. The van der Waals surface area contributed by atoms with E-state index in [1.54, 1.807) is 13.1 Å². The lowest BCUT2D eigenvalue weighted by Crippen LogP contribution is -2.29. The highest BCUT2D eigenvalue weighted by atomic mass is 16.7. The lowest BCUT2D eigenvalue weighted by Gasteiger charge is -2.13. The molecule has 3 N–H and O–H groups in total. The Hall–Kier alpha value is -1.59. The van der Waals surface area contributed by atoms with Crippen molar-refractivity contribution in [1.29, 1.82) is 0 Å². The van der Waals surface area contributed by atoms with Crippen molar-refractivity contribution in [3.05, 3.63) is 23.8 Å². The van der Waals surface area contributed by atoms with Crippen molar-refractivity contribution < 1.29 is 9.63 Å². The molecule has 5 heteroatoms. The van der Waals surface area contributed by atoms with E-state index in [-0.39, 0.29) is 12.5 Å². The zero-order valence-electron chi connectivity index (χ0n) is 9.78. The van der Waals surface area contributed by atoms with Crippen LogP contribution in [0.1, 0.15) is 5.56 Å². The van der Waals surface area contributed by atoms with Crippen LogP contribution in [0, 0.1) is 6.92 Å². The van der Waals surface area contributed by atoms with Crippen molar-refractivity contribution in [2.45, 2.75) is 6.92 Å². The molecule has 0 unspecified atom stereocenters. The number of hydrogen-bond donors (Lipinski definition) is 2. The van der Waals surface area contributed by atoms with Crippen molar-refractivity contribution >= 4 is 17.3 Å². The van der Waals surface area contributed by atoms with Gasteiger partial charge in [0.1, 0.15) is 6.54 Å². The summed E-state index contributed by atoms with van der Waals surface area (Å²) in [5.41, 5.74) is 8.09. The van der Waals surface area contributed by atoms with E-state index in [2.05, 4.69) is 5.32 Å². The predicted molar refractivity (Wildman–Crippen MR) is 63.9 cm³/mol. The molecule has 0 heterocycles. The summed E-state index contributed by atoms with van der Waals surface area (Å²) in [5.74, 6) is -0.146. The topological polar surface area (TPSA) is 67.6 Å². The molecule has 0 aliphatic heterocycles. The number of anilines is 2. The van der Waals surface area contributed by atoms with Crippen LogP contribution in [0.5, 0.6) is 0 Å². The van der Waals surface area contributed by atoms with Crippen LogP contribution in [0.4, 0.5) is 11.4 Å². The molecule has 0 spiro atoms. The fraction of sp³-hybridized carbons (Fsp3) is 0.364. The molecule has 16 heavy (non-hydrogen) atoms.